The summed E-state index contributed by atoms with van der Waals surface area (Å²) < 4.78 is 8.22. The van der Waals surface area contributed by atoms with Gasteiger partial charge in [0.25, 0.3) is 0 Å². The molecule has 0 N–H and O–H groups in total. The molecule has 4 aromatic rings. The first-order valence-corrected chi connectivity index (χ1v) is 7.52. The number of aromatic nitrogens is 1. The van der Waals surface area contributed by atoms with E-state index >= 15 is 0 Å². The summed E-state index contributed by atoms with van der Waals surface area (Å²) in [7, 11) is 2.10. The van der Waals surface area contributed by atoms with Gasteiger partial charge in [-0.2, -0.15) is 0 Å². The highest BCUT2D eigenvalue weighted by Gasteiger charge is 2.19. The van der Waals surface area contributed by atoms with Crippen LogP contribution in [-0.2, 0) is 7.05 Å². The van der Waals surface area contributed by atoms with Crippen LogP contribution in [0.3, 0.4) is 0 Å². The van der Waals surface area contributed by atoms with Gasteiger partial charge in [0.15, 0.2) is 6.20 Å². The van der Waals surface area contributed by atoms with Gasteiger partial charge in [-0.25, -0.2) is 4.57 Å². The molecule has 2 aromatic carbocycles. The van der Waals surface area contributed by atoms with Crippen molar-refractivity contribution in [2.75, 3.05) is 0 Å². The fourth-order valence-electron chi connectivity index (χ4n) is 3.26. The van der Waals surface area contributed by atoms with E-state index in [4.69, 9.17) is 4.42 Å². The third-order valence-corrected chi connectivity index (χ3v) is 4.29. The van der Waals surface area contributed by atoms with E-state index in [2.05, 4.69) is 68.1 Å². The standard InChI is InChI=1S/C20H18NO/c1-13-8-10-16(21(3)12-13)19-14(2)9-11-18-20(19)15-6-4-5-7-17(15)22-18/h4-12H,1-3H3/q+1. The second-order valence-electron chi connectivity index (χ2n) is 5.93. The van der Waals surface area contributed by atoms with Crippen molar-refractivity contribution >= 4 is 21.9 Å². The van der Waals surface area contributed by atoms with Crippen LogP contribution in [0.4, 0.5) is 0 Å². The molecular formula is C20H18NO+. The Labute approximate surface area is 129 Å². The van der Waals surface area contributed by atoms with Crippen molar-refractivity contribution in [1.29, 1.82) is 0 Å². The minimum atomic E-state index is 0.944. The number of hydrogen-bond donors (Lipinski definition) is 0. The fraction of sp³-hybridized carbons (Fsp3) is 0.150. The Hall–Kier alpha value is -2.61. The summed E-state index contributed by atoms with van der Waals surface area (Å²) in [6, 6.07) is 16.8. The quantitative estimate of drug-likeness (QED) is 0.464. The van der Waals surface area contributed by atoms with Crippen LogP contribution in [0.25, 0.3) is 33.2 Å². The van der Waals surface area contributed by atoms with Gasteiger partial charge in [-0.3, -0.25) is 0 Å². The highest BCUT2D eigenvalue weighted by Crippen LogP contribution is 2.37. The number of furan rings is 1. The first-order valence-electron chi connectivity index (χ1n) is 7.52. The summed E-state index contributed by atoms with van der Waals surface area (Å²) in [4.78, 5) is 0. The molecule has 0 fully saturated rings. The molecule has 2 heterocycles. The predicted octanol–water partition coefficient (Wildman–Crippen LogP) is 4.69. The Morgan fingerprint density at radius 3 is 2.50 bits per heavy atom. The molecule has 0 saturated carbocycles. The SMILES string of the molecule is Cc1ccc(-c2c(C)ccc3oc4ccccc4c23)[n+](C)c1. The first kappa shape index (κ1) is 13.1. The summed E-state index contributed by atoms with van der Waals surface area (Å²) in [5, 5.41) is 2.38. The smallest absolute Gasteiger partial charge is 0.213 e. The van der Waals surface area contributed by atoms with Gasteiger partial charge < -0.3 is 4.42 Å². The zero-order valence-corrected chi connectivity index (χ0v) is 13.1. The molecule has 0 radical (unpaired) electrons. The number of benzene rings is 2. The molecule has 2 aromatic heterocycles. The summed E-state index contributed by atoms with van der Waals surface area (Å²) in [5.41, 5.74) is 6.87. The van der Waals surface area contributed by atoms with E-state index in [0.717, 1.165) is 11.2 Å². The van der Waals surface area contributed by atoms with Crippen LogP contribution in [0.1, 0.15) is 11.1 Å². The van der Waals surface area contributed by atoms with Crippen molar-refractivity contribution in [2.45, 2.75) is 13.8 Å². The Morgan fingerprint density at radius 2 is 1.68 bits per heavy atom. The fourth-order valence-corrected chi connectivity index (χ4v) is 3.26. The van der Waals surface area contributed by atoms with E-state index in [9.17, 15) is 0 Å². The van der Waals surface area contributed by atoms with Gasteiger partial charge in [0.1, 0.15) is 18.2 Å². The van der Waals surface area contributed by atoms with Crippen LogP contribution in [-0.4, -0.2) is 0 Å². The van der Waals surface area contributed by atoms with Crippen LogP contribution >= 0.6 is 0 Å². The van der Waals surface area contributed by atoms with Crippen molar-refractivity contribution in [3.05, 3.63) is 65.9 Å². The number of hydrogen-bond acceptors (Lipinski definition) is 1. The number of aryl methyl sites for hydroxylation is 3. The summed E-state index contributed by atoms with van der Waals surface area (Å²) in [6.45, 7) is 4.28. The first-order chi connectivity index (χ1) is 10.6. The number of rotatable bonds is 1. The molecule has 108 valence electrons. The maximum absolute atomic E-state index is 6.02. The third kappa shape index (κ3) is 1.84. The highest BCUT2D eigenvalue weighted by molar-refractivity contribution is 6.12. The lowest BCUT2D eigenvalue weighted by Gasteiger charge is -2.06. The topological polar surface area (TPSA) is 17.0 Å². The van der Waals surface area contributed by atoms with Gasteiger partial charge in [0.2, 0.25) is 5.69 Å². The molecular weight excluding hydrogens is 270 g/mol. The summed E-state index contributed by atoms with van der Waals surface area (Å²) in [6.07, 6.45) is 2.16. The van der Waals surface area contributed by atoms with E-state index in [0.29, 0.717) is 0 Å². The lowest BCUT2D eigenvalue weighted by molar-refractivity contribution is -0.660. The van der Waals surface area contributed by atoms with Crippen LogP contribution in [0, 0.1) is 13.8 Å². The minimum Gasteiger partial charge on any atom is -0.456 e. The number of nitrogens with zero attached hydrogens (tertiary/aromatic N) is 1. The molecule has 0 spiro atoms. The summed E-state index contributed by atoms with van der Waals surface area (Å²) in [5.74, 6) is 0. The lowest BCUT2D eigenvalue weighted by Crippen LogP contribution is -2.31. The van der Waals surface area contributed by atoms with Crippen molar-refractivity contribution in [3.8, 4) is 11.3 Å². The molecule has 2 nitrogen and oxygen atoms in total. The van der Waals surface area contributed by atoms with Crippen molar-refractivity contribution in [1.82, 2.24) is 0 Å². The van der Waals surface area contributed by atoms with Crippen LogP contribution < -0.4 is 4.57 Å². The molecule has 22 heavy (non-hydrogen) atoms. The molecule has 0 aliphatic heterocycles. The van der Waals surface area contributed by atoms with Crippen molar-refractivity contribution < 1.29 is 8.98 Å². The van der Waals surface area contributed by atoms with Gasteiger partial charge in [-0.1, -0.05) is 24.3 Å². The Bertz CT molecular complexity index is 1010. The molecule has 0 saturated heterocycles. The van der Waals surface area contributed by atoms with Crippen LogP contribution in [0.5, 0.6) is 0 Å². The molecule has 0 amide bonds. The van der Waals surface area contributed by atoms with Gasteiger partial charge in [0.05, 0.1) is 5.56 Å². The van der Waals surface area contributed by atoms with Gasteiger partial charge in [-0.05, 0) is 37.6 Å². The minimum absolute atomic E-state index is 0.944. The highest BCUT2D eigenvalue weighted by atomic mass is 16.3. The Kier molecular flexibility index (Phi) is 2.80. The monoisotopic (exact) mass is 288 g/mol. The molecule has 0 aliphatic carbocycles. The van der Waals surface area contributed by atoms with E-state index in [-0.39, 0.29) is 0 Å². The maximum atomic E-state index is 6.02. The number of fused-ring (bicyclic) bond motifs is 3. The molecule has 0 unspecified atom stereocenters. The average molecular weight is 288 g/mol. The zero-order valence-electron chi connectivity index (χ0n) is 13.1. The molecule has 0 atom stereocenters. The van der Waals surface area contributed by atoms with Gasteiger partial charge in [0, 0.05) is 22.4 Å². The largest absolute Gasteiger partial charge is 0.456 e. The third-order valence-electron chi connectivity index (χ3n) is 4.29. The van der Waals surface area contributed by atoms with Crippen LogP contribution in [0.2, 0.25) is 0 Å². The second-order valence-corrected chi connectivity index (χ2v) is 5.93. The van der Waals surface area contributed by atoms with E-state index in [1.54, 1.807) is 0 Å². The lowest BCUT2D eigenvalue weighted by atomic mass is 9.98. The van der Waals surface area contributed by atoms with E-state index in [1.165, 1.54) is 33.2 Å². The van der Waals surface area contributed by atoms with Crippen LogP contribution in [0.15, 0.2) is 59.1 Å². The zero-order chi connectivity index (χ0) is 15.3. The average Bonchev–Trinajstić information content (AvgIpc) is 2.87. The number of para-hydroxylation sites is 1. The van der Waals surface area contributed by atoms with Crippen molar-refractivity contribution in [3.63, 3.8) is 0 Å². The van der Waals surface area contributed by atoms with Crippen molar-refractivity contribution in [2.24, 2.45) is 7.05 Å². The summed E-state index contributed by atoms with van der Waals surface area (Å²) >= 11 is 0. The maximum Gasteiger partial charge on any atom is 0.213 e. The predicted molar refractivity (Wildman–Crippen MR) is 89.8 cm³/mol. The molecule has 2 heteroatoms. The van der Waals surface area contributed by atoms with Gasteiger partial charge in [-0.15, -0.1) is 0 Å². The Balaban J connectivity index is 2.18. The van der Waals surface area contributed by atoms with E-state index < -0.39 is 0 Å². The van der Waals surface area contributed by atoms with E-state index in [1.807, 2.05) is 12.1 Å². The normalized spacial score (nSPS) is 11.4. The Morgan fingerprint density at radius 1 is 0.864 bits per heavy atom. The molecule has 0 bridgehead atoms. The van der Waals surface area contributed by atoms with Gasteiger partial charge >= 0.3 is 0 Å². The second kappa shape index (κ2) is 4.70. The molecule has 0 aliphatic rings. The number of pyridine rings is 1. The molecule has 4 rings (SSSR count).